The molecule has 0 spiro atoms. The Balaban J connectivity index is 2.26. The maximum Gasteiger partial charge on any atom is 0.130 e. The van der Waals surface area contributed by atoms with Gasteiger partial charge in [-0.2, -0.15) is 0 Å². The third kappa shape index (κ3) is 2.92. The van der Waals surface area contributed by atoms with Crippen LogP contribution < -0.4 is 4.74 Å². The van der Waals surface area contributed by atoms with Crippen LogP contribution in [0.3, 0.4) is 0 Å². The van der Waals surface area contributed by atoms with Crippen LogP contribution >= 0.6 is 15.9 Å². The van der Waals surface area contributed by atoms with Crippen molar-refractivity contribution >= 4 is 15.9 Å². The molecule has 2 aromatic rings. The van der Waals surface area contributed by atoms with Gasteiger partial charge in [0.05, 0.1) is 6.10 Å². The lowest BCUT2D eigenvalue weighted by molar-refractivity contribution is 0.198. The van der Waals surface area contributed by atoms with Gasteiger partial charge in [-0.15, -0.1) is 0 Å². The van der Waals surface area contributed by atoms with Crippen molar-refractivity contribution in [2.24, 2.45) is 0 Å². The Kier molecular flexibility index (Phi) is 4.04. The van der Waals surface area contributed by atoms with Crippen LogP contribution in [0.2, 0.25) is 0 Å². The van der Waals surface area contributed by atoms with Crippen LogP contribution in [0.5, 0.6) is 11.5 Å². The summed E-state index contributed by atoms with van der Waals surface area (Å²) in [6.45, 7) is 3.75. The second-order valence-electron chi connectivity index (χ2n) is 4.23. The van der Waals surface area contributed by atoms with E-state index in [4.69, 9.17) is 4.74 Å². The molecule has 1 atom stereocenters. The van der Waals surface area contributed by atoms with Crippen molar-refractivity contribution in [1.82, 2.24) is 0 Å². The maximum atomic E-state index is 9.56. The van der Waals surface area contributed by atoms with E-state index in [2.05, 4.69) is 15.9 Å². The number of hydrogen-bond donors (Lipinski definition) is 1. The first-order valence-corrected chi connectivity index (χ1v) is 6.58. The number of halogens is 1. The fourth-order valence-electron chi connectivity index (χ4n) is 1.71. The number of aryl methyl sites for hydroxylation is 1. The van der Waals surface area contributed by atoms with E-state index in [0.29, 0.717) is 0 Å². The minimum atomic E-state index is -0.494. The Morgan fingerprint density at radius 3 is 2.50 bits per heavy atom. The highest BCUT2D eigenvalue weighted by Gasteiger charge is 2.08. The molecule has 0 aliphatic rings. The molecule has 2 rings (SSSR count). The van der Waals surface area contributed by atoms with E-state index >= 15 is 0 Å². The van der Waals surface area contributed by atoms with Crippen molar-refractivity contribution in [3.63, 3.8) is 0 Å². The Hall–Kier alpha value is -1.32. The number of aliphatic hydroxyl groups excluding tert-OH is 1. The molecule has 0 heterocycles. The summed E-state index contributed by atoms with van der Waals surface area (Å²) in [6, 6.07) is 13.5. The molecule has 2 nitrogen and oxygen atoms in total. The molecule has 0 aliphatic carbocycles. The first-order chi connectivity index (χ1) is 8.58. The molecule has 0 bridgehead atoms. The highest BCUT2D eigenvalue weighted by atomic mass is 79.9. The summed E-state index contributed by atoms with van der Waals surface area (Å²) >= 11 is 3.44. The summed E-state index contributed by atoms with van der Waals surface area (Å²) in [6.07, 6.45) is -0.494. The number of ether oxygens (including phenoxy) is 1. The summed E-state index contributed by atoms with van der Waals surface area (Å²) in [4.78, 5) is 0. The van der Waals surface area contributed by atoms with Gasteiger partial charge in [-0.05, 0) is 43.2 Å². The lowest BCUT2D eigenvalue weighted by atomic mass is 10.1. The molecule has 1 N–H and O–H groups in total. The van der Waals surface area contributed by atoms with Gasteiger partial charge in [0, 0.05) is 4.47 Å². The van der Waals surface area contributed by atoms with Crippen LogP contribution in [-0.4, -0.2) is 5.11 Å². The van der Waals surface area contributed by atoms with Crippen molar-refractivity contribution in [2.75, 3.05) is 0 Å². The zero-order chi connectivity index (χ0) is 13.1. The van der Waals surface area contributed by atoms with Crippen molar-refractivity contribution in [1.29, 1.82) is 0 Å². The molecule has 0 aromatic heterocycles. The fourth-order valence-corrected chi connectivity index (χ4v) is 2.40. The van der Waals surface area contributed by atoms with Crippen molar-refractivity contribution in [3.05, 3.63) is 58.1 Å². The third-order valence-electron chi connectivity index (χ3n) is 2.74. The molecular weight excluding hydrogens is 292 g/mol. The van der Waals surface area contributed by atoms with Gasteiger partial charge in [0.2, 0.25) is 0 Å². The molecule has 0 fully saturated rings. The normalized spacial score (nSPS) is 12.2. The fraction of sp³-hybridized carbons (Fsp3) is 0.200. The average molecular weight is 307 g/mol. The summed E-state index contributed by atoms with van der Waals surface area (Å²) in [5.41, 5.74) is 1.94. The predicted octanol–water partition coefficient (Wildman–Crippen LogP) is 4.60. The van der Waals surface area contributed by atoms with E-state index in [-0.39, 0.29) is 0 Å². The molecule has 94 valence electrons. The van der Waals surface area contributed by atoms with Crippen LogP contribution in [0, 0.1) is 6.92 Å². The lowest BCUT2D eigenvalue weighted by Crippen LogP contribution is -1.93. The van der Waals surface area contributed by atoms with Gasteiger partial charge in [0.25, 0.3) is 0 Å². The zero-order valence-electron chi connectivity index (χ0n) is 10.4. The van der Waals surface area contributed by atoms with Gasteiger partial charge in [0.15, 0.2) is 0 Å². The molecule has 3 heteroatoms. The Labute approximate surface area is 115 Å². The molecule has 2 aromatic carbocycles. The molecule has 0 saturated heterocycles. The second kappa shape index (κ2) is 5.55. The quantitative estimate of drug-likeness (QED) is 0.897. The van der Waals surface area contributed by atoms with Crippen molar-refractivity contribution < 1.29 is 9.84 Å². The summed E-state index contributed by atoms with van der Waals surface area (Å²) in [7, 11) is 0. The zero-order valence-corrected chi connectivity index (χ0v) is 11.9. The topological polar surface area (TPSA) is 29.5 Å². The highest BCUT2D eigenvalue weighted by molar-refractivity contribution is 9.10. The minimum Gasteiger partial charge on any atom is -0.457 e. The van der Waals surface area contributed by atoms with Gasteiger partial charge in [-0.3, -0.25) is 0 Å². The number of para-hydroxylation sites is 1. The smallest absolute Gasteiger partial charge is 0.130 e. The SMILES string of the molecule is Cc1ccccc1Oc1ccc([C@@H](C)O)c(Br)c1. The predicted molar refractivity (Wildman–Crippen MR) is 76.0 cm³/mol. The monoisotopic (exact) mass is 306 g/mol. The summed E-state index contributed by atoms with van der Waals surface area (Å²) in [5, 5.41) is 9.56. The van der Waals surface area contributed by atoms with Gasteiger partial charge in [-0.1, -0.05) is 40.2 Å². The first kappa shape index (κ1) is 13.1. The van der Waals surface area contributed by atoms with Gasteiger partial charge in [0.1, 0.15) is 11.5 Å². The lowest BCUT2D eigenvalue weighted by Gasteiger charge is -2.12. The molecular formula is C15H15BrO2. The van der Waals surface area contributed by atoms with Crippen molar-refractivity contribution in [3.8, 4) is 11.5 Å². The molecule has 0 unspecified atom stereocenters. The van der Waals surface area contributed by atoms with E-state index in [1.165, 1.54) is 0 Å². The number of hydrogen-bond acceptors (Lipinski definition) is 2. The standard InChI is InChI=1S/C15H15BrO2/c1-10-5-3-4-6-15(10)18-12-7-8-13(11(2)17)14(16)9-12/h3-9,11,17H,1-2H3/t11-/m1/s1. The Bertz CT molecular complexity index is 550. The average Bonchev–Trinajstić information content (AvgIpc) is 2.32. The third-order valence-corrected chi connectivity index (χ3v) is 3.43. The van der Waals surface area contributed by atoms with Gasteiger partial charge in [-0.25, -0.2) is 0 Å². The van der Waals surface area contributed by atoms with E-state index in [9.17, 15) is 5.11 Å². The van der Waals surface area contributed by atoms with Gasteiger partial charge >= 0.3 is 0 Å². The van der Waals surface area contributed by atoms with Crippen LogP contribution in [0.15, 0.2) is 46.9 Å². The van der Waals surface area contributed by atoms with E-state index < -0.39 is 6.10 Å². The molecule has 0 aliphatic heterocycles. The second-order valence-corrected chi connectivity index (χ2v) is 5.08. The molecule has 0 radical (unpaired) electrons. The van der Waals surface area contributed by atoms with E-state index in [1.54, 1.807) is 6.92 Å². The van der Waals surface area contributed by atoms with Crippen molar-refractivity contribution in [2.45, 2.75) is 20.0 Å². The van der Waals surface area contributed by atoms with E-state index in [1.807, 2.05) is 49.4 Å². The molecule has 0 amide bonds. The largest absolute Gasteiger partial charge is 0.457 e. The molecule has 0 saturated carbocycles. The molecule has 18 heavy (non-hydrogen) atoms. The van der Waals surface area contributed by atoms with Crippen LogP contribution in [0.4, 0.5) is 0 Å². The number of benzene rings is 2. The Morgan fingerprint density at radius 2 is 1.89 bits per heavy atom. The maximum absolute atomic E-state index is 9.56. The Morgan fingerprint density at radius 1 is 1.17 bits per heavy atom. The van der Waals surface area contributed by atoms with Crippen LogP contribution in [0.25, 0.3) is 0 Å². The van der Waals surface area contributed by atoms with Crippen LogP contribution in [-0.2, 0) is 0 Å². The minimum absolute atomic E-state index is 0.494. The summed E-state index contributed by atoms with van der Waals surface area (Å²) < 4.78 is 6.66. The highest BCUT2D eigenvalue weighted by Crippen LogP contribution is 2.31. The van der Waals surface area contributed by atoms with E-state index in [0.717, 1.165) is 27.1 Å². The van der Waals surface area contributed by atoms with Gasteiger partial charge < -0.3 is 9.84 Å². The summed E-state index contributed by atoms with van der Waals surface area (Å²) in [5.74, 6) is 1.59. The number of aliphatic hydroxyl groups is 1. The van der Waals surface area contributed by atoms with Crippen LogP contribution in [0.1, 0.15) is 24.2 Å². The number of rotatable bonds is 3. The first-order valence-electron chi connectivity index (χ1n) is 5.79.